The quantitative estimate of drug-likeness (QED) is 0.255. The summed E-state index contributed by atoms with van der Waals surface area (Å²) in [7, 11) is 0. The molecule has 1 N–H and O–H groups in total. The van der Waals surface area contributed by atoms with Crippen molar-refractivity contribution in [2.75, 3.05) is 19.8 Å². The van der Waals surface area contributed by atoms with Crippen molar-refractivity contribution in [1.82, 2.24) is 4.57 Å². The van der Waals surface area contributed by atoms with Crippen molar-refractivity contribution in [3.05, 3.63) is 69.2 Å². The highest BCUT2D eigenvalue weighted by Gasteiger charge is 2.17. The summed E-state index contributed by atoms with van der Waals surface area (Å²) in [6.07, 6.45) is 0. The van der Waals surface area contributed by atoms with E-state index < -0.39 is 11.4 Å². The standard InChI is InChI=1S/C22H19FN2O6/c1-13-10-20(26)31-19-12-15(3-4-16(13)19)30-9-8-29-7-6-25-18-5-2-14(23)11-17(18)21(24-28)22(25)27/h2-5,10-12,27H,6-9H2,1H3. The number of hydrogen-bond acceptors (Lipinski definition) is 7. The van der Waals surface area contributed by atoms with Crippen LogP contribution in [0.3, 0.4) is 0 Å². The van der Waals surface area contributed by atoms with Crippen LogP contribution in [0, 0.1) is 17.6 Å². The molecule has 0 fully saturated rings. The number of rotatable bonds is 8. The molecule has 9 heteroatoms. The van der Waals surface area contributed by atoms with Gasteiger partial charge >= 0.3 is 5.63 Å². The topological polar surface area (TPSA) is 103 Å². The fourth-order valence-corrected chi connectivity index (χ4v) is 3.48. The van der Waals surface area contributed by atoms with Crippen molar-refractivity contribution < 1.29 is 23.4 Å². The molecule has 0 saturated heterocycles. The smallest absolute Gasteiger partial charge is 0.336 e. The molecule has 0 saturated carbocycles. The summed E-state index contributed by atoms with van der Waals surface area (Å²) in [6.45, 7) is 2.82. The first-order valence-electron chi connectivity index (χ1n) is 9.57. The molecule has 2 heterocycles. The molecule has 4 aromatic rings. The third-order valence-electron chi connectivity index (χ3n) is 4.94. The third-order valence-corrected chi connectivity index (χ3v) is 4.94. The van der Waals surface area contributed by atoms with Gasteiger partial charge in [-0.25, -0.2) is 9.18 Å². The Bertz CT molecular complexity index is 1330. The first-order chi connectivity index (χ1) is 15.0. The van der Waals surface area contributed by atoms with Crippen LogP contribution in [0.15, 0.2) is 56.9 Å². The number of fused-ring (bicyclic) bond motifs is 2. The van der Waals surface area contributed by atoms with Crippen molar-refractivity contribution in [1.29, 1.82) is 0 Å². The maximum atomic E-state index is 13.5. The van der Waals surface area contributed by atoms with Crippen LogP contribution in [0.4, 0.5) is 10.1 Å². The summed E-state index contributed by atoms with van der Waals surface area (Å²) in [5.74, 6) is -0.308. The maximum Gasteiger partial charge on any atom is 0.336 e. The van der Waals surface area contributed by atoms with Gasteiger partial charge in [0.15, 0.2) is 5.69 Å². The minimum atomic E-state index is -0.522. The summed E-state index contributed by atoms with van der Waals surface area (Å²) in [6, 6.07) is 10.6. The van der Waals surface area contributed by atoms with Crippen LogP contribution in [0.5, 0.6) is 11.6 Å². The zero-order chi connectivity index (χ0) is 22.0. The molecular weight excluding hydrogens is 407 g/mol. The Morgan fingerprint density at radius 1 is 1.10 bits per heavy atom. The van der Waals surface area contributed by atoms with Crippen molar-refractivity contribution in [2.24, 2.45) is 5.18 Å². The van der Waals surface area contributed by atoms with Gasteiger partial charge in [-0.3, -0.25) is 0 Å². The van der Waals surface area contributed by atoms with Crippen LogP contribution < -0.4 is 10.4 Å². The Morgan fingerprint density at radius 2 is 1.94 bits per heavy atom. The molecule has 2 aromatic heterocycles. The molecule has 0 radical (unpaired) electrons. The van der Waals surface area contributed by atoms with Gasteiger partial charge in [-0.05, 0) is 48.0 Å². The highest BCUT2D eigenvalue weighted by Crippen LogP contribution is 2.38. The second-order valence-electron chi connectivity index (χ2n) is 6.94. The van der Waals surface area contributed by atoms with E-state index in [0.29, 0.717) is 16.8 Å². The van der Waals surface area contributed by atoms with Crippen LogP contribution in [0.2, 0.25) is 0 Å². The normalized spacial score (nSPS) is 11.3. The van der Waals surface area contributed by atoms with Crippen LogP contribution >= 0.6 is 0 Å². The fraction of sp³-hybridized carbons (Fsp3) is 0.227. The predicted molar refractivity (Wildman–Crippen MR) is 113 cm³/mol. The second kappa shape index (κ2) is 8.57. The Balaban J connectivity index is 1.33. The molecule has 0 aliphatic rings. The minimum absolute atomic E-state index is 0.198. The first kappa shape index (κ1) is 20.5. The van der Waals surface area contributed by atoms with Gasteiger partial charge in [0.25, 0.3) is 0 Å². The summed E-state index contributed by atoms with van der Waals surface area (Å²) >= 11 is 0. The molecule has 0 atom stereocenters. The van der Waals surface area contributed by atoms with Gasteiger partial charge in [-0.2, -0.15) is 0 Å². The number of aromatic hydroxyl groups is 1. The van der Waals surface area contributed by atoms with E-state index in [-0.39, 0.29) is 43.3 Å². The van der Waals surface area contributed by atoms with Crippen molar-refractivity contribution in [2.45, 2.75) is 13.5 Å². The van der Waals surface area contributed by atoms with Gasteiger partial charge in [-0.1, -0.05) is 0 Å². The molecule has 31 heavy (non-hydrogen) atoms. The van der Waals surface area contributed by atoms with Gasteiger partial charge in [0.05, 0.1) is 18.7 Å². The van der Waals surface area contributed by atoms with Crippen molar-refractivity contribution >= 4 is 27.6 Å². The Labute approximate surface area is 175 Å². The zero-order valence-electron chi connectivity index (χ0n) is 16.6. The highest BCUT2D eigenvalue weighted by molar-refractivity contribution is 5.95. The molecule has 0 spiro atoms. The number of hydrogen-bond donors (Lipinski definition) is 1. The van der Waals surface area contributed by atoms with Gasteiger partial charge in [0.1, 0.15) is 23.8 Å². The molecule has 0 unspecified atom stereocenters. The number of aryl methyl sites for hydroxylation is 1. The Kier molecular flexibility index (Phi) is 5.68. The Morgan fingerprint density at radius 3 is 2.74 bits per heavy atom. The largest absolute Gasteiger partial charge is 0.493 e. The van der Waals surface area contributed by atoms with Crippen LogP contribution in [-0.4, -0.2) is 29.5 Å². The van der Waals surface area contributed by atoms with E-state index in [9.17, 15) is 19.2 Å². The molecule has 0 amide bonds. The van der Waals surface area contributed by atoms with E-state index in [0.717, 1.165) is 17.0 Å². The number of aromatic nitrogens is 1. The number of ether oxygens (including phenoxy) is 2. The van der Waals surface area contributed by atoms with E-state index >= 15 is 0 Å². The van der Waals surface area contributed by atoms with Crippen LogP contribution in [0.1, 0.15) is 5.56 Å². The molecule has 0 aliphatic heterocycles. The second-order valence-corrected chi connectivity index (χ2v) is 6.94. The van der Waals surface area contributed by atoms with Gasteiger partial charge < -0.3 is 23.6 Å². The van der Waals surface area contributed by atoms with Gasteiger partial charge in [0.2, 0.25) is 5.88 Å². The minimum Gasteiger partial charge on any atom is -0.493 e. The summed E-state index contributed by atoms with van der Waals surface area (Å²) in [4.78, 5) is 22.5. The summed E-state index contributed by atoms with van der Waals surface area (Å²) < 4.78 is 31.3. The van der Waals surface area contributed by atoms with E-state index in [4.69, 9.17) is 13.9 Å². The van der Waals surface area contributed by atoms with Crippen molar-refractivity contribution in [3.8, 4) is 11.6 Å². The number of nitroso groups, excluding NO2 is 1. The lowest BCUT2D eigenvalue weighted by molar-refractivity contribution is 0.0939. The summed E-state index contributed by atoms with van der Waals surface area (Å²) in [5, 5.41) is 14.1. The van der Waals surface area contributed by atoms with E-state index in [1.807, 2.05) is 13.0 Å². The molecule has 4 rings (SSSR count). The van der Waals surface area contributed by atoms with E-state index in [2.05, 4.69) is 5.18 Å². The lowest BCUT2D eigenvalue weighted by Gasteiger charge is -2.10. The zero-order valence-corrected chi connectivity index (χ0v) is 16.6. The van der Waals surface area contributed by atoms with E-state index in [1.165, 1.54) is 22.8 Å². The maximum absolute atomic E-state index is 13.5. The van der Waals surface area contributed by atoms with E-state index in [1.54, 1.807) is 12.1 Å². The molecule has 160 valence electrons. The monoisotopic (exact) mass is 426 g/mol. The molecule has 8 nitrogen and oxygen atoms in total. The number of nitrogens with zero attached hydrogens (tertiary/aromatic N) is 2. The van der Waals surface area contributed by atoms with Crippen LogP contribution in [-0.2, 0) is 11.3 Å². The Hall–Kier alpha value is -3.72. The number of halogens is 1. The molecule has 0 aliphatic carbocycles. The highest BCUT2D eigenvalue weighted by atomic mass is 19.1. The molecule has 0 bridgehead atoms. The first-order valence-corrected chi connectivity index (χ1v) is 9.57. The average molecular weight is 426 g/mol. The summed E-state index contributed by atoms with van der Waals surface area (Å²) in [5.41, 5.74) is 1.16. The molecule has 2 aromatic carbocycles. The van der Waals surface area contributed by atoms with Gasteiger partial charge in [0, 0.05) is 29.4 Å². The predicted octanol–water partition coefficient (Wildman–Crippen LogP) is 4.39. The fourth-order valence-electron chi connectivity index (χ4n) is 3.48. The average Bonchev–Trinajstić information content (AvgIpc) is 3.00. The van der Waals surface area contributed by atoms with Crippen molar-refractivity contribution in [3.63, 3.8) is 0 Å². The molecular formula is C22H19FN2O6. The third kappa shape index (κ3) is 4.13. The number of benzene rings is 2. The lowest BCUT2D eigenvalue weighted by Crippen LogP contribution is -2.11. The van der Waals surface area contributed by atoms with Crippen LogP contribution in [0.25, 0.3) is 21.9 Å². The SMILES string of the molecule is Cc1cc(=O)oc2cc(OCCOCCn3c(O)c(N=O)c4cc(F)ccc43)ccc12. The lowest BCUT2D eigenvalue weighted by atomic mass is 10.1. The van der Waals surface area contributed by atoms with Gasteiger partial charge in [-0.15, -0.1) is 4.91 Å².